The second-order valence-corrected chi connectivity index (χ2v) is 7.76. The third kappa shape index (κ3) is 4.99. The molecule has 0 radical (unpaired) electrons. The predicted molar refractivity (Wildman–Crippen MR) is 117 cm³/mol. The SMILES string of the molecule is CC.O=C1CCC(N2Cc3cc(CCC(=O)C(F)(F)c4ccccc4)ccc3C2=O)C(=O)N1. The van der Waals surface area contributed by atoms with Crippen LogP contribution in [0, 0.1) is 0 Å². The zero-order valence-electron chi connectivity index (χ0n) is 18.6. The molecule has 1 unspecified atom stereocenters. The maximum absolute atomic E-state index is 14.4. The highest BCUT2D eigenvalue weighted by atomic mass is 19.3. The van der Waals surface area contributed by atoms with E-state index in [1.165, 1.54) is 29.2 Å². The summed E-state index contributed by atoms with van der Waals surface area (Å²) >= 11 is 0. The lowest BCUT2D eigenvalue weighted by molar-refractivity contribution is -0.144. The van der Waals surface area contributed by atoms with Crippen LogP contribution in [0.4, 0.5) is 8.78 Å². The number of Topliss-reactive ketones (excluding diaryl/α,β-unsaturated/α-hetero) is 1. The van der Waals surface area contributed by atoms with Gasteiger partial charge in [0.05, 0.1) is 0 Å². The normalized spacial score (nSPS) is 17.8. The number of benzene rings is 2. The van der Waals surface area contributed by atoms with E-state index >= 15 is 0 Å². The molecule has 4 rings (SSSR count). The van der Waals surface area contributed by atoms with Gasteiger partial charge in [-0.3, -0.25) is 24.5 Å². The van der Waals surface area contributed by atoms with E-state index in [1.54, 1.807) is 24.3 Å². The molecule has 3 amide bonds. The molecule has 0 saturated carbocycles. The molecule has 6 nitrogen and oxygen atoms in total. The van der Waals surface area contributed by atoms with Gasteiger partial charge in [0.15, 0.2) is 0 Å². The van der Waals surface area contributed by atoms with Crippen molar-refractivity contribution in [1.29, 1.82) is 0 Å². The van der Waals surface area contributed by atoms with E-state index in [0.717, 1.165) is 0 Å². The van der Waals surface area contributed by atoms with Crippen molar-refractivity contribution in [2.45, 2.75) is 58.0 Å². The number of halogens is 2. The summed E-state index contributed by atoms with van der Waals surface area (Å²) in [7, 11) is 0. The summed E-state index contributed by atoms with van der Waals surface area (Å²) in [4.78, 5) is 49.7. The maximum atomic E-state index is 14.4. The first-order valence-corrected chi connectivity index (χ1v) is 11.0. The molecule has 174 valence electrons. The van der Waals surface area contributed by atoms with Crippen LogP contribution in [0.3, 0.4) is 0 Å². The van der Waals surface area contributed by atoms with Crippen molar-refractivity contribution in [1.82, 2.24) is 10.2 Å². The second kappa shape index (κ2) is 10.0. The van der Waals surface area contributed by atoms with Crippen molar-refractivity contribution >= 4 is 23.5 Å². The van der Waals surface area contributed by atoms with E-state index in [4.69, 9.17) is 0 Å². The van der Waals surface area contributed by atoms with Gasteiger partial charge in [0.25, 0.3) is 5.91 Å². The third-order valence-corrected chi connectivity index (χ3v) is 5.72. The molecule has 1 fully saturated rings. The average molecular weight is 456 g/mol. The Hall–Kier alpha value is -3.42. The molecule has 2 aliphatic rings. The Bertz CT molecular complexity index is 1070. The number of rotatable bonds is 6. The Balaban J connectivity index is 0.00000149. The molecule has 0 aliphatic carbocycles. The van der Waals surface area contributed by atoms with Crippen molar-refractivity contribution in [2.24, 2.45) is 0 Å². The number of hydrogen-bond acceptors (Lipinski definition) is 4. The molecule has 0 spiro atoms. The fraction of sp³-hybridized carbons (Fsp3) is 0.360. The maximum Gasteiger partial charge on any atom is 0.330 e. The summed E-state index contributed by atoms with van der Waals surface area (Å²) in [5.74, 6) is -5.88. The molecule has 0 aromatic heterocycles. The van der Waals surface area contributed by atoms with Crippen LogP contribution < -0.4 is 5.32 Å². The quantitative estimate of drug-likeness (QED) is 0.671. The summed E-state index contributed by atoms with van der Waals surface area (Å²) in [6.45, 7) is 4.20. The van der Waals surface area contributed by atoms with Crippen LogP contribution in [-0.4, -0.2) is 34.4 Å². The van der Waals surface area contributed by atoms with Gasteiger partial charge < -0.3 is 4.90 Å². The largest absolute Gasteiger partial charge is 0.330 e. The number of hydrogen-bond donors (Lipinski definition) is 1. The van der Waals surface area contributed by atoms with Gasteiger partial charge in [-0.25, -0.2) is 0 Å². The van der Waals surface area contributed by atoms with Gasteiger partial charge >= 0.3 is 5.92 Å². The van der Waals surface area contributed by atoms with E-state index < -0.39 is 23.7 Å². The minimum atomic E-state index is -3.56. The first-order valence-electron chi connectivity index (χ1n) is 11.0. The number of fused-ring (bicyclic) bond motifs is 1. The highest BCUT2D eigenvalue weighted by Crippen LogP contribution is 2.32. The minimum Gasteiger partial charge on any atom is -0.322 e. The molecular formula is C25H26F2N2O4. The highest BCUT2D eigenvalue weighted by Gasteiger charge is 2.40. The topological polar surface area (TPSA) is 83.6 Å². The van der Waals surface area contributed by atoms with Gasteiger partial charge in [0, 0.05) is 30.5 Å². The minimum absolute atomic E-state index is 0.112. The molecular weight excluding hydrogens is 430 g/mol. The number of alkyl halides is 2. The van der Waals surface area contributed by atoms with Crippen LogP contribution in [0.2, 0.25) is 0 Å². The molecule has 1 N–H and O–H groups in total. The fourth-order valence-electron chi connectivity index (χ4n) is 4.01. The Labute approximate surface area is 191 Å². The van der Waals surface area contributed by atoms with E-state index in [9.17, 15) is 28.0 Å². The average Bonchev–Trinajstić information content (AvgIpc) is 3.14. The number of carbonyl (C=O) groups is 4. The number of nitrogens with zero attached hydrogens (tertiary/aromatic N) is 1. The molecule has 2 aromatic rings. The van der Waals surface area contributed by atoms with Crippen LogP contribution in [-0.2, 0) is 33.3 Å². The van der Waals surface area contributed by atoms with Gasteiger partial charge in [-0.2, -0.15) is 8.78 Å². The van der Waals surface area contributed by atoms with Crippen LogP contribution in [0.1, 0.15) is 60.2 Å². The summed E-state index contributed by atoms with van der Waals surface area (Å²) in [5, 5.41) is 2.25. The van der Waals surface area contributed by atoms with E-state index in [0.29, 0.717) is 16.7 Å². The monoisotopic (exact) mass is 456 g/mol. The zero-order valence-corrected chi connectivity index (χ0v) is 18.6. The molecule has 2 aliphatic heterocycles. The second-order valence-electron chi connectivity index (χ2n) is 7.76. The Morgan fingerprint density at radius 2 is 1.79 bits per heavy atom. The fourth-order valence-corrected chi connectivity index (χ4v) is 4.01. The summed E-state index contributed by atoms with van der Waals surface area (Å²) in [5.41, 5.74) is 1.44. The van der Waals surface area contributed by atoms with Crippen molar-refractivity contribution in [2.75, 3.05) is 0 Å². The Morgan fingerprint density at radius 1 is 1.09 bits per heavy atom. The summed E-state index contributed by atoms with van der Waals surface area (Å²) in [6, 6.07) is 11.2. The smallest absolute Gasteiger partial charge is 0.322 e. The molecule has 8 heteroatoms. The van der Waals surface area contributed by atoms with Gasteiger partial charge in [0.2, 0.25) is 17.6 Å². The first-order chi connectivity index (χ1) is 15.8. The van der Waals surface area contributed by atoms with Crippen LogP contribution in [0.5, 0.6) is 0 Å². The third-order valence-electron chi connectivity index (χ3n) is 5.72. The first kappa shape index (κ1) is 24.2. The number of amides is 3. The molecule has 1 atom stereocenters. The number of piperidine rings is 1. The zero-order chi connectivity index (χ0) is 24.2. The van der Waals surface area contributed by atoms with E-state index in [-0.39, 0.29) is 49.6 Å². The van der Waals surface area contributed by atoms with Crippen molar-refractivity contribution in [3.63, 3.8) is 0 Å². The number of carbonyl (C=O) groups excluding carboxylic acids is 4. The van der Waals surface area contributed by atoms with Crippen LogP contribution in [0.25, 0.3) is 0 Å². The molecule has 2 aromatic carbocycles. The lowest BCUT2D eigenvalue weighted by atomic mass is 9.97. The van der Waals surface area contributed by atoms with Gasteiger partial charge in [-0.1, -0.05) is 56.3 Å². The van der Waals surface area contributed by atoms with Gasteiger partial charge in [0.1, 0.15) is 6.04 Å². The number of aryl methyl sites for hydroxylation is 1. The van der Waals surface area contributed by atoms with Crippen LogP contribution in [0.15, 0.2) is 48.5 Å². The number of nitrogens with one attached hydrogen (secondary N) is 1. The standard InChI is InChI=1S/C23H20F2N2O4.C2H6/c24-23(25,16-4-2-1-3-5-16)19(28)10-7-14-6-8-17-15(12-14)13-27(22(17)31)18-9-11-20(29)26-21(18)30;1-2/h1-6,8,12,18H,7,9-11,13H2,(H,26,29,30);1-2H3. The summed E-state index contributed by atoms with van der Waals surface area (Å²) < 4.78 is 28.8. The number of ketones is 1. The van der Waals surface area contributed by atoms with Gasteiger partial charge in [-0.05, 0) is 30.0 Å². The molecule has 2 heterocycles. The lowest BCUT2D eigenvalue weighted by Gasteiger charge is -2.29. The van der Waals surface area contributed by atoms with Crippen molar-refractivity contribution in [3.05, 3.63) is 70.8 Å². The van der Waals surface area contributed by atoms with E-state index in [1.807, 2.05) is 13.8 Å². The number of imide groups is 1. The van der Waals surface area contributed by atoms with Crippen molar-refractivity contribution < 1.29 is 28.0 Å². The lowest BCUT2D eigenvalue weighted by Crippen LogP contribution is -2.52. The Morgan fingerprint density at radius 3 is 2.45 bits per heavy atom. The highest BCUT2D eigenvalue weighted by molar-refractivity contribution is 6.05. The molecule has 1 saturated heterocycles. The predicted octanol–water partition coefficient (Wildman–Crippen LogP) is 3.77. The Kier molecular flexibility index (Phi) is 7.36. The van der Waals surface area contributed by atoms with Gasteiger partial charge in [-0.15, -0.1) is 0 Å². The van der Waals surface area contributed by atoms with Crippen LogP contribution >= 0.6 is 0 Å². The summed E-state index contributed by atoms with van der Waals surface area (Å²) in [6.07, 6.45) is 0.201. The molecule has 0 bridgehead atoms. The molecule has 33 heavy (non-hydrogen) atoms. The van der Waals surface area contributed by atoms with E-state index in [2.05, 4.69) is 5.32 Å². The van der Waals surface area contributed by atoms with Crippen molar-refractivity contribution in [3.8, 4) is 0 Å².